The number of hydrogen-bond donors (Lipinski definition) is 2. The normalized spacial score (nSPS) is 15.7. The van der Waals surface area contributed by atoms with Crippen LogP contribution in [-0.4, -0.2) is 39.9 Å². The molecule has 0 atom stereocenters. The molecule has 1 aromatic rings. The zero-order chi connectivity index (χ0) is 18.0. The molecule has 26 heavy (non-hydrogen) atoms. The second kappa shape index (κ2) is 12.5. The van der Waals surface area contributed by atoms with E-state index in [0.717, 1.165) is 32.1 Å². The van der Waals surface area contributed by atoms with Gasteiger partial charge in [0.2, 0.25) is 0 Å². The fourth-order valence-electron chi connectivity index (χ4n) is 3.30. The molecule has 0 aromatic heterocycles. The van der Waals surface area contributed by atoms with Crippen molar-refractivity contribution in [3.63, 3.8) is 0 Å². The highest BCUT2D eigenvalue weighted by atomic mass is 127. The van der Waals surface area contributed by atoms with Crippen molar-refractivity contribution in [3.05, 3.63) is 35.4 Å². The average Bonchev–Trinajstić information content (AvgIpc) is 2.59. The van der Waals surface area contributed by atoms with Gasteiger partial charge in [0.1, 0.15) is 0 Å². The summed E-state index contributed by atoms with van der Waals surface area (Å²) in [5.41, 5.74) is 2.78. The molecule has 2 rings (SSSR count). The number of rotatable bonds is 10. The van der Waals surface area contributed by atoms with Crippen molar-refractivity contribution in [2.45, 2.75) is 45.8 Å². The molecule has 0 amide bonds. The minimum atomic E-state index is 0. The number of nitrogens with zero attached hydrogens (tertiary/aromatic N) is 1. The van der Waals surface area contributed by atoms with Gasteiger partial charge in [0.05, 0.1) is 13.2 Å². The van der Waals surface area contributed by atoms with Gasteiger partial charge in [0.15, 0.2) is 5.96 Å². The van der Waals surface area contributed by atoms with Crippen molar-refractivity contribution in [2.75, 3.05) is 33.9 Å². The van der Waals surface area contributed by atoms with Crippen molar-refractivity contribution < 1.29 is 9.47 Å². The molecule has 0 heterocycles. The van der Waals surface area contributed by atoms with Crippen LogP contribution < -0.4 is 10.6 Å². The van der Waals surface area contributed by atoms with Gasteiger partial charge in [-0.15, -0.1) is 24.0 Å². The summed E-state index contributed by atoms with van der Waals surface area (Å²) in [4.78, 5) is 4.78. The Labute approximate surface area is 175 Å². The standard InChI is InChI=1S/C20H33N3O2.HI/c1-4-21-19(23-16-20(10-7-11-20)12-13-24-2)22-14-17-8-5-6-9-18(17)15-25-3;/h5-6,8-9H,4,7,10-16H2,1-3H3,(H2,21,22,23);1H. The third-order valence-corrected chi connectivity index (χ3v) is 5.05. The van der Waals surface area contributed by atoms with Crippen LogP contribution in [-0.2, 0) is 22.6 Å². The molecule has 1 aromatic carbocycles. The van der Waals surface area contributed by atoms with E-state index in [-0.39, 0.29) is 24.0 Å². The fourth-order valence-corrected chi connectivity index (χ4v) is 3.30. The van der Waals surface area contributed by atoms with E-state index in [4.69, 9.17) is 14.5 Å². The van der Waals surface area contributed by atoms with Crippen LogP contribution >= 0.6 is 24.0 Å². The molecule has 1 aliphatic rings. The quantitative estimate of drug-likeness (QED) is 0.308. The van der Waals surface area contributed by atoms with Crippen LogP contribution in [0.4, 0.5) is 0 Å². The SMILES string of the molecule is CCNC(=NCc1ccccc1COC)NCC1(CCOC)CCC1.I. The molecule has 1 fully saturated rings. The lowest BCUT2D eigenvalue weighted by atomic mass is 9.67. The molecule has 0 aliphatic heterocycles. The molecule has 2 N–H and O–H groups in total. The van der Waals surface area contributed by atoms with Gasteiger partial charge < -0.3 is 20.1 Å². The minimum Gasteiger partial charge on any atom is -0.385 e. The maximum atomic E-state index is 5.28. The van der Waals surface area contributed by atoms with Gasteiger partial charge in [-0.2, -0.15) is 0 Å². The summed E-state index contributed by atoms with van der Waals surface area (Å²) in [7, 11) is 3.51. The van der Waals surface area contributed by atoms with Crippen LogP contribution in [0.3, 0.4) is 0 Å². The summed E-state index contributed by atoms with van der Waals surface area (Å²) in [6.07, 6.45) is 4.99. The fraction of sp³-hybridized carbons (Fsp3) is 0.650. The van der Waals surface area contributed by atoms with Gasteiger partial charge in [0, 0.05) is 33.9 Å². The van der Waals surface area contributed by atoms with E-state index in [0.29, 0.717) is 18.6 Å². The molecule has 5 nitrogen and oxygen atoms in total. The van der Waals surface area contributed by atoms with E-state index in [2.05, 4.69) is 35.8 Å². The average molecular weight is 475 g/mol. The maximum absolute atomic E-state index is 5.28. The first kappa shape index (κ1) is 23.2. The van der Waals surface area contributed by atoms with Crippen LogP contribution in [0.25, 0.3) is 0 Å². The minimum absolute atomic E-state index is 0. The Kier molecular flexibility index (Phi) is 11.2. The van der Waals surface area contributed by atoms with E-state index < -0.39 is 0 Å². The predicted molar refractivity (Wildman–Crippen MR) is 118 cm³/mol. The highest BCUT2D eigenvalue weighted by Gasteiger charge is 2.36. The Morgan fingerprint density at radius 3 is 2.42 bits per heavy atom. The van der Waals surface area contributed by atoms with Crippen LogP contribution in [0.1, 0.15) is 43.7 Å². The van der Waals surface area contributed by atoms with Gasteiger partial charge >= 0.3 is 0 Å². The number of halogens is 1. The molecule has 1 saturated carbocycles. The van der Waals surface area contributed by atoms with Gasteiger partial charge in [-0.25, -0.2) is 4.99 Å². The second-order valence-electron chi connectivity index (χ2n) is 6.85. The first-order chi connectivity index (χ1) is 12.2. The zero-order valence-corrected chi connectivity index (χ0v) is 18.7. The van der Waals surface area contributed by atoms with Crippen LogP contribution in [0.5, 0.6) is 0 Å². The van der Waals surface area contributed by atoms with E-state index >= 15 is 0 Å². The largest absolute Gasteiger partial charge is 0.385 e. The molecule has 148 valence electrons. The third kappa shape index (κ3) is 7.04. The summed E-state index contributed by atoms with van der Waals surface area (Å²) >= 11 is 0. The smallest absolute Gasteiger partial charge is 0.191 e. The first-order valence-electron chi connectivity index (χ1n) is 9.30. The Morgan fingerprint density at radius 1 is 1.12 bits per heavy atom. The Balaban J connectivity index is 0.00000338. The summed E-state index contributed by atoms with van der Waals surface area (Å²) in [6, 6.07) is 8.32. The van der Waals surface area contributed by atoms with Gasteiger partial charge in [-0.1, -0.05) is 30.7 Å². The van der Waals surface area contributed by atoms with Gasteiger partial charge in [-0.05, 0) is 42.7 Å². The molecule has 0 radical (unpaired) electrons. The van der Waals surface area contributed by atoms with Crippen molar-refractivity contribution in [3.8, 4) is 0 Å². The molecular formula is C20H34IN3O2. The number of ether oxygens (including phenoxy) is 2. The summed E-state index contributed by atoms with van der Waals surface area (Å²) in [6.45, 7) is 6.02. The van der Waals surface area contributed by atoms with Crippen molar-refractivity contribution >= 4 is 29.9 Å². The summed E-state index contributed by atoms with van der Waals surface area (Å²) in [5.74, 6) is 0.887. The number of methoxy groups -OCH3 is 2. The molecule has 0 bridgehead atoms. The topological polar surface area (TPSA) is 54.9 Å². The van der Waals surface area contributed by atoms with E-state index in [9.17, 15) is 0 Å². The maximum Gasteiger partial charge on any atom is 0.191 e. The molecular weight excluding hydrogens is 441 g/mol. The summed E-state index contributed by atoms with van der Waals surface area (Å²) in [5, 5.41) is 6.90. The van der Waals surface area contributed by atoms with Crippen molar-refractivity contribution in [2.24, 2.45) is 10.4 Å². The van der Waals surface area contributed by atoms with E-state index in [1.165, 1.54) is 30.4 Å². The zero-order valence-electron chi connectivity index (χ0n) is 16.3. The lowest BCUT2D eigenvalue weighted by Gasteiger charge is -2.42. The number of aliphatic imine (C=N–C) groups is 1. The lowest BCUT2D eigenvalue weighted by Crippen LogP contribution is -2.47. The van der Waals surface area contributed by atoms with Crippen LogP contribution in [0, 0.1) is 5.41 Å². The molecule has 1 aliphatic carbocycles. The highest BCUT2D eigenvalue weighted by molar-refractivity contribution is 14.0. The number of guanidine groups is 1. The van der Waals surface area contributed by atoms with Crippen molar-refractivity contribution in [1.29, 1.82) is 0 Å². The first-order valence-corrected chi connectivity index (χ1v) is 9.30. The van der Waals surface area contributed by atoms with E-state index in [1.807, 2.05) is 6.07 Å². The van der Waals surface area contributed by atoms with Gasteiger partial charge in [0.25, 0.3) is 0 Å². The molecule has 6 heteroatoms. The van der Waals surface area contributed by atoms with Crippen molar-refractivity contribution in [1.82, 2.24) is 10.6 Å². The predicted octanol–water partition coefficient (Wildman–Crippen LogP) is 3.71. The molecule has 0 spiro atoms. The Bertz CT molecular complexity index is 548. The van der Waals surface area contributed by atoms with E-state index in [1.54, 1.807) is 14.2 Å². The summed E-state index contributed by atoms with van der Waals surface area (Å²) < 4.78 is 10.6. The monoisotopic (exact) mass is 475 g/mol. The number of nitrogens with one attached hydrogen (secondary N) is 2. The highest BCUT2D eigenvalue weighted by Crippen LogP contribution is 2.43. The van der Waals surface area contributed by atoms with Crippen LogP contribution in [0.2, 0.25) is 0 Å². The lowest BCUT2D eigenvalue weighted by molar-refractivity contribution is 0.0732. The Hall–Kier alpha value is -0.860. The number of benzene rings is 1. The Morgan fingerprint density at radius 2 is 1.85 bits per heavy atom. The van der Waals surface area contributed by atoms with Crippen LogP contribution in [0.15, 0.2) is 29.3 Å². The second-order valence-corrected chi connectivity index (χ2v) is 6.85. The molecule has 0 unspecified atom stereocenters. The number of hydrogen-bond acceptors (Lipinski definition) is 3. The molecule has 0 saturated heterocycles. The van der Waals surface area contributed by atoms with Gasteiger partial charge in [-0.3, -0.25) is 0 Å². The third-order valence-electron chi connectivity index (χ3n) is 5.05.